The average molecular weight is 351 g/mol. The van der Waals surface area contributed by atoms with Crippen molar-refractivity contribution in [1.29, 1.82) is 0 Å². The van der Waals surface area contributed by atoms with Crippen LogP contribution in [0.4, 0.5) is 5.69 Å². The summed E-state index contributed by atoms with van der Waals surface area (Å²) in [6.45, 7) is 11.7. The molecule has 0 saturated carbocycles. The van der Waals surface area contributed by atoms with E-state index in [4.69, 9.17) is 11.5 Å². The van der Waals surface area contributed by atoms with E-state index in [9.17, 15) is 0 Å². The molecule has 138 valence electrons. The van der Waals surface area contributed by atoms with E-state index in [0.717, 1.165) is 58.8 Å². The van der Waals surface area contributed by atoms with Gasteiger partial charge in [-0.25, -0.2) is 0 Å². The molecule has 0 spiro atoms. The third kappa shape index (κ3) is 4.90. The number of hydrogen-bond acceptors (Lipinski definition) is 4. The highest BCUT2D eigenvalue weighted by atomic mass is 15.0. The van der Waals surface area contributed by atoms with Gasteiger partial charge in [-0.3, -0.25) is 0 Å². The van der Waals surface area contributed by atoms with Crippen LogP contribution < -0.4 is 32.5 Å². The standard InChI is InChI=1S/C22H30N4/c1-4-6-17-12-18(19(14-23)11-16(3)5-2)13-22(21(17)15-24)26-20-7-9-25-10-8-20/h4-6,11-15,20,25-26H,1-2,7-10,23-24H2,3H3/b16-11-,17-6-,19-14+,21-15+. The van der Waals surface area contributed by atoms with Gasteiger partial charge in [0.2, 0.25) is 0 Å². The van der Waals surface area contributed by atoms with Gasteiger partial charge in [0.25, 0.3) is 0 Å². The summed E-state index contributed by atoms with van der Waals surface area (Å²) in [6.07, 6.45) is 13.0. The zero-order valence-electron chi connectivity index (χ0n) is 15.6. The lowest BCUT2D eigenvalue weighted by Crippen LogP contribution is -2.38. The topological polar surface area (TPSA) is 76.1 Å². The minimum atomic E-state index is 0.428. The molecule has 1 heterocycles. The van der Waals surface area contributed by atoms with Crippen LogP contribution in [0, 0.1) is 0 Å². The SMILES string of the molecule is C=C/C=c1/cc(C(/C=C(/C)C=C)=C/N)cc(NC2CCNCC2)/c1=C/N. The smallest absolute Gasteiger partial charge is 0.0442 e. The molecule has 2 rings (SSSR count). The summed E-state index contributed by atoms with van der Waals surface area (Å²) in [7, 11) is 0. The monoisotopic (exact) mass is 350 g/mol. The van der Waals surface area contributed by atoms with Crippen molar-refractivity contribution in [2.24, 2.45) is 11.5 Å². The van der Waals surface area contributed by atoms with Gasteiger partial charge in [0.05, 0.1) is 0 Å². The molecule has 1 aliphatic rings. The lowest BCUT2D eigenvalue weighted by atomic mass is 9.99. The van der Waals surface area contributed by atoms with Gasteiger partial charge in [-0.1, -0.05) is 43.0 Å². The van der Waals surface area contributed by atoms with E-state index in [-0.39, 0.29) is 0 Å². The molecule has 26 heavy (non-hydrogen) atoms. The molecule has 1 saturated heterocycles. The second-order valence-electron chi connectivity index (χ2n) is 6.48. The molecular weight excluding hydrogens is 320 g/mol. The molecule has 0 aliphatic carbocycles. The number of nitrogens with one attached hydrogen (secondary N) is 2. The fourth-order valence-corrected chi connectivity index (χ4v) is 3.13. The van der Waals surface area contributed by atoms with Crippen LogP contribution in [0.25, 0.3) is 17.8 Å². The Bertz CT molecular complexity index is 824. The molecule has 4 nitrogen and oxygen atoms in total. The highest BCUT2D eigenvalue weighted by Crippen LogP contribution is 2.19. The summed E-state index contributed by atoms with van der Waals surface area (Å²) in [4.78, 5) is 0. The van der Waals surface area contributed by atoms with E-state index in [1.807, 2.05) is 25.2 Å². The Balaban J connectivity index is 2.58. The molecule has 0 radical (unpaired) electrons. The van der Waals surface area contributed by atoms with Gasteiger partial charge >= 0.3 is 0 Å². The van der Waals surface area contributed by atoms with Crippen molar-refractivity contribution in [1.82, 2.24) is 5.32 Å². The lowest BCUT2D eigenvalue weighted by molar-refractivity contribution is 0.479. The molecule has 1 fully saturated rings. The fraction of sp³-hybridized carbons (Fsp3) is 0.273. The summed E-state index contributed by atoms with van der Waals surface area (Å²) in [5.74, 6) is 0. The average Bonchev–Trinajstić information content (AvgIpc) is 2.66. The van der Waals surface area contributed by atoms with Gasteiger partial charge in [-0.2, -0.15) is 0 Å². The molecule has 1 aromatic rings. The second kappa shape index (κ2) is 9.68. The minimum Gasteiger partial charge on any atom is -0.404 e. The molecule has 0 aromatic heterocycles. The van der Waals surface area contributed by atoms with Gasteiger partial charge in [0.1, 0.15) is 0 Å². The minimum absolute atomic E-state index is 0.428. The summed E-state index contributed by atoms with van der Waals surface area (Å²) >= 11 is 0. The Morgan fingerprint density at radius 3 is 2.54 bits per heavy atom. The number of piperidine rings is 1. The fourth-order valence-electron chi connectivity index (χ4n) is 3.13. The number of hydrogen-bond donors (Lipinski definition) is 4. The van der Waals surface area contributed by atoms with Gasteiger partial charge in [-0.15, -0.1) is 0 Å². The normalized spacial score (nSPS) is 18.0. The quantitative estimate of drug-likeness (QED) is 0.592. The largest absolute Gasteiger partial charge is 0.404 e. The molecule has 1 aliphatic heterocycles. The van der Waals surface area contributed by atoms with Crippen LogP contribution in [-0.4, -0.2) is 19.1 Å². The zero-order chi connectivity index (χ0) is 18.9. The van der Waals surface area contributed by atoms with Crippen molar-refractivity contribution >= 4 is 23.5 Å². The third-order valence-corrected chi connectivity index (χ3v) is 4.59. The van der Waals surface area contributed by atoms with E-state index in [1.54, 1.807) is 18.5 Å². The third-order valence-electron chi connectivity index (χ3n) is 4.59. The van der Waals surface area contributed by atoms with Crippen molar-refractivity contribution in [3.8, 4) is 0 Å². The van der Waals surface area contributed by atoms with Crippen LogP contribution in [0.3, 0.4) is 0 Å². The maximum atomic E-state index is 5.95. The molecule has 0 atom stereocenters. The number of benzene rings is 1. The molecule has 0 bridgehead atoms. The second-order valence-corrected chi connectivity index (χ2v) is 6.48. The van der Waals surface area contributed by atoms with Gasteiger partial charge in [0.15, 0.2) is 0 Å². The Morgan fingerprint density at radius 1 is 1.23 bits per heavy atom. The van der Waals surface area contributed by atoms with Gasteiger partial charge in [-0.05, 0) is 61.3 Å². The molecule has 4 heteroatoms. The Labute approximate surface area is 156 Å². The lowest BCUT2D eigenvalue weighted by Gasteiger charge is -2.25. The van der Waals surface area contributed by atoms with Crippen molar-refractivity contribution < 1.29 is 0 Å². The first kappa shape index (κ1) is 19.6. The Hall–Kier alpha value is -2.72. The number of nitrogens with two attached hydrogens (primary N) is 2. The van der Waals surface area contributed by atoms with E-state index in [1.165, 1.54) is 0 Å². The predicted octanol–water partition coefficient (Wildman–Crippen LogP) is 1.95. The summed E-state index contributed by atoms with van der Waals surface area (Å²) in [5, 5.41) is 9.06. The predicted molar refractivity (Wildman–Crippen MR) is 115 cm³/mol. The molecule has 0 amide bonds. The van der Waals surface area contributed by atoms with E-state index < -0.39 is 0 Å². The zero-order valence-corrected chi connectivity index (χ0v) is 15.6. The maximum absolute atomic E-state index is 5.95. The van der Waals surface area contributed by atoms with Gasteiger partial charge < -0.3 is 22.1 Å². The van der Waals surface area contributed by atoms with Crippen molar-refractivity contribution in [2.75, 3.05) is 18.4 Å². The summed E-state index contributed by atoms with van der Waals surface area (Å²) in [6, 6.07) is 4.63. The van der Waals surface area contributed by atoms with Crippen LogP contribution in [0.15, 0.2) is 55.3 Å². The Kier molecular flexibility index (Phi) is 7.30. The van der Waals surface area contributed by atoms with Crippen molar-refractivity contribution in [3.05, 3.63) is 71.3 Å². The van der Waals surface area contributed by atoms with Crippen LogP contribution in [0.1, 0.15) is 25.3 Å². The number of allylic oxidation sites excluding steroid dienone is 5. The number of anilines is 1. The molecule has 0 unspecified atom stereocenters. The van der Waals surface area contributed by atoms with Gasteiger partial charge in [0, 0.05) is 29.3 Å². The van der Waals surface area contributed by atoms with Crippen LogP contribution in [0.2, 0.25) is 0 Å². The van der Waals surface area contributed by atoms with Crippen molar-refractivity contribution in [3.63, 3.8) is 0 Å². The molecule has 6 N–H and O–H groups in total. The van der Waals surface area contributed by atoms with Crippen molar-refractivity contribution in [2.45, 2.75) is 25.8 Å². The van der Waals surface area contributed by atoms with E-state index >= 15 is 0 Å². The first-order valence-corrected chi connectivity index (χ1v) is 9.02. The number of rotatable bonds is 6. The Morgan fingerprint density at radius 2 is 1.96 bits per heavy atom. The first-order chi connectivity index (χ1) is 12.6. The molecular formula is C22H30N4. The van der Waals surface area contributed by atoms with E-state index in [0.29, 0.717) is 6.04 Å². The molecule has 1 aromatic carbocycles. The van der Waals surface area contributed by atoms with Crippen LogP contribution >= 0.6 is 0 Å². The first-order valence-electron chi connectivity index (χ1n) is 9.02. The van der Waals surface area contributed by atoms with Crippen LogP contribution in [-0.2, 0) is 0 Å². The van der Waals surface area contributed by atoms with E-state index in [2.05, 4.69) is 35.9 Å². The summed E-state index contributed by atoms with van der Waals surface area (Å²) < 4.78 is 0. The summed E-state index contributed by atoms with van der Waals surface area (Å²) in [5.41, 5.74) is 15.9. The highest BCUT2D eigenvalue weighted by Gasteiger charge is 2.14. The highest BCUT2D eigenvalue weighted by molar-refractivity contribution is 5.77. The van der Waals surface area contributed by atoms with Crippen LogP contribution in [0.5, 0.6) is 0 Å². The maximum Gasteiger partial charge on any atom is 0.0442 e.